The van der Waals surface area contributed by atoms with Gasteiger partial charge in [0.2, 0.25) is 0 Å². The molecule has 0 saturated carbocycles. The van der Waals surface area contributed by atoms with E-state index < -0.39 is 12.0 Å². The van der Waals surface area contributed by atoms with Crippen molar-refractivity contribution in [1.82, 2.24) is 10.2 Å². The van der Waals surface area contributed by atoms with Gasteiger partial charge in [-0.2, -0.15) is 0 Å². The van der Waals surface area contributed by atoms with Gasteiger partial charge in [0.25, 0.3) is 0 Å². The summed E-state index contributed by atoms with van der Waals surface area (Å²) < 4.78 is 0. The van der Waals surface area contributed by atoms with Crippen LogP contribution in [0, 0.1) is 13.8 Å². The van der Waals surface area contributed by atoms with E-state index in [2.05, 4.69) is 24.1 Å². The van der Waals surface area contributed by atoms with Crippen LogP contribution in [-0.2, 0) is 4.79 Å². The molecule has 0 saturated heterocycles. The third-order valence-corrected chi connectivity index (χ3v) is 3.65. The Hall–Kier alpha value is -1.39. The van der Waals surface area contributed by atoms with Gasteiger partial charge >= 0.3 is 5.97 Å². The Morgan fingerprint density at radius 1 is 1.30 bits per heavy atom. The molecule has 0 aliphatic carbocycles. The monoisotopic (exact) mass is 278 g/mol. The van der Waals surface area contributed by atoms with Gasteiger partial charge < -0.3 is 10.0 Å². The van der Waals surface area contributed by atoms with E-state index in [1.165, 1.54) is 0 Å². The molecule has 20 heavy (non-hydrogen) atoms. The second kappa shape index (κ2) is 8.02. The number of carbonyl (C=O) groups is 1. The van der Waals surface area contributed by atoms with Gasteiger partial charge in [-0.15, -0.1) is 0 Å². The Kier molecular flexibility index (Phi) is 6.68. The van der Waals surface area contributed by atoms with E-state index in [-0.39, 0.29) is 0 Å². The fourth-order valence-electron chi connectivity index (χ4n) is 2.39. The lowest BCUT2D eigenvalue weighted by molar-refractivity contribution is -0.139. The molecule has 1 unspecified atom stereocenters. The second-order valence-corrected chi connectivity index (χ2v) is 5.11. The Balaban J connectivity index is 2.72. The second-order valence-electron chi connectivity index (χ2n) is 5.11. The first-order valence-electron chi connectivity index (χ1n) is 7.25. The van der Waals surface area contributed by atoms with E-state index in [4.69, 9.17) is 0 Å². The standard InChI is InChI=1S/C16H26N2O2/c1-5-18(6-2)10-9-17-15(16(19)20)14-8-7-12(3)11-13(14)4/h7-8,11,15,17H,5-6,9-10H2,1-4H3,(H,19,20). The summed E-state index contributed by atoms with van der Waals surface area (Å²) in [6, 6.07) is 5.27. The van der Waals surface area contributed by atoms with Crippen molar-refractivity contribution in [3.63, 3.8) is 0 Å². The molecule has 0 bridgehead atoms. The third-order valence-electron chi connectivity index (χ3n) is 3.65. The van der Waals surface area contributed by atoms with Crippen LogP contribution in [0.1, 0.15) is 36.6 Å². The number of hydrogen-bond donors (Lipinski definition) is 2. The smallest absolute Gasteiger partial charge is 0.325 e. The molecule has 4 nitrogen and oxygen atoms in total. The number of hydrogen-bond acceptors (Lipinski definition) is 3. The number of likely N-dealkylation sites (N-methyl/N-ethyl adjacent to an activating group) is 1. The maximum atomic E-state index is 11.5. The summed E-state index contributed by atoms with van der Waals surface area (Å²) in [6.45, 7) is 11.7. The number of carboxylic acids is 1. The number of carboxylic acid groups (broad SMARTS) is 1. The summed E-state index contributed by atoms with van der Waals surface area (Å²) in [5, 5.41) is 12.6. The molecule has 0 spiro atoms. The quantitative estimate of drug-likeness (QED) is 0.766. The van der Waals surface area contributed by atoms with Gasteiger partial charge in [0.15, 0.2) is 0 Å². The average Bonchev–Trinajstić information content (AvgIpc) is 2.40. The lowest BCUT2D eigenvalue weighted by Gasteiger charge is -2.21. The third kappa shape index (κ3) is 4.62. The minimum absolute atomic E-state index is 0.633. The van der Waals surface area contributed by atoms with Crippen LogP contribution in [0.4, 0.5) is 0 Å². The van der Waals surface area contributed by atoms with E-state index in [9.17, 15) is 9.90 Å². The highest BCUT2D eigenvalue weighted by Gasteiger charge is 2.20. The lowest BCUT2D eigenvalue weighted by atomic mass is 9.99. The first-order valence-corrected chi connectivity index (χ1v) is 7.25. The number of nitrogens with zero attached hydrogens (tertiary/aromatic N) is 1. The summed E-state index contributed by atoms with van der Waals surface area (Å²) in [7, 11) is 0. The first kappa shape index (κ1) is 16.7. The summed E-state index contributed by atoms with van der Waals surface area (Å²) in [5.41, 5.74) is 3.02. The molecule has 112 valence electrons. The molecule has 1 aromatic carbocycles. The highest BCUT2D eigenvalue weighted by molar-refractivity contribution is 5.76. The minimum Gasteiger partial charge on any atom is -0.480 e. The SMILES string of the molecule is CCN(CC)CCNC(C(=O)O)c1ccc(C)cc1C. The normalized spacial score (nSPS) is 12.7. The molecular formula is C16H26N2O2. The van der Waals surface area contributed by atoms with Gasteiger partial charge in [-0.3, -0.25) is 10.1 Å². The average molecular weight is 278 g/mol. The van der Waals surface area contributed by atoms with Crippen LogP contribution in [0.5, 0.6) is 0 Å². The van der Waals surface area contributed by atoms with Crippen molar-refractivity contribution in [2.45, 2.75) is 33.7 Å². The van der Waals surface area contributed by atoms with Crippen LogP contribution in [0.25, 0.3) is 0 Å². The maximum Gasteiger partial charge on any atom is 0.325 e. The molecule has 0 amide bonds. The molecule has 2 N–H and O–H groups in total. The van der Waals surface area contributed by atoms with Crippen molar-refractivity contribution >= 4 is 5.97 Å². The Morgan fingerprint density at radius 2 is 1.95 bits per heavy atom. The molecule has 1 aromatic rings. The zero-order valence-corrected chi connectivity index (χ0v) is 12.9. The summed E-state index contributed by atoms with van der Waals surface area (Å²) >= 11 is 0. The van der Waals surface area contributed by atoms with Crippen LogP contribution in [0.2, 0.25) is 0 Å². The lowest BCUT2D eigenvalue weighted by Crippen LogP contribution is -2.36. The van der Waals surface area contributed by atoms with Crippen molar-refractivity contribution in [2.75, 3.05) is 26.2 Å². The first-order chi connectivity index (χ1) is 9.49. The van der Waals surface area contributed by atoms with Gasteiger partial charge in [-0.05, 0) is 38.1 Å². The molecule has 4 heteroatoms. The summed E-state index contributed by atoms with van der Waals surface area (Å²) in [5.74, 6) is -0.823. The van der Waals surface area contributed by atoms with Crippen LogP contribution >= 0.6 is 0 Å². The fourth-order valence-corrected chi connectivity index (χ4v) is 2.39. The predicted molar refractivity (Wildman–Crippen MR) is 82.1 cm³/mol. The van der Waals surface area contributed by atoms with Gasteiger partial charge in [0.05, 0.1) is 0 Å². The van der Waals surface area contributed by atoms with E-state index in [0.29, 0.717) is 6.54 Å². The van der Waals surface area contributed by atoms with Crippen molar-refractivity contribution < 1.29 is 9.90 Å². The number of benzene rings is 1. The van der Waals surface area contributed by atoms with Crippen LogP contribution in [0.15, 0.2) is 18.2 Å². The number of aliphatic carboxylic acids is 1. The Morgan fingerprint density at radius 3 is 2.45 bits per heavy atom. The van der Waals surface area contributed by atoms with Crippen LogP contribution < -0.4 is 5.32 Å². The van der Waals surface area contributed by atoms with Gasteiger partial charge in [-0.25, -0.2) is 0 Å². The maximum absolute atomic E-state index is 11.5. The zero-order valence-electron chi connectivity index (χ0n) is 12.9. The molecule has 0 radical (unpaired) electrons. The predicted octanol–water partition coefficient (Wildman–Crippen LogP) is 2.36. The molecule has 0 fully saturated rings. The number of nitrogens with one attached hydrogen (secondary N) is 1. The van der Waals surface area contributed by atoms with Gasteiger partial charge in [0.1, 0.15) is 6.04 Å². The van der Waals surface area contributed by atoms with E-state index in [1.807, 2.05) is 32.0 Å². The summed E-state index contributed by atoms with van der Waals surface area (Å²) in [4.78, 5) is 13.7. The van der Waals surface area contributed by atoms with E-state index in [0.717, 1.165) is 36.3 Å². The molecule has 0 aliphatic heterocycles. The van der Waals surface area contributed by atoms with Crippen molar-refractivity contribution in [2.24, 2.45) is 0 Å². The van der Waals surface area contributed by atoms with Gasteiger partial charge in [-0.1, -0.05) is 37.6 Å². The molecule has 1 rings (SSSR count). The summed E-state index contributed by atoms with van der Waals surface area (Å²) in [6.07, 6.45) is 0. The number of rotatable bonds is 8. The topological polar surface area (TPSA) is 52.6 Å². The molecule has 1 atom stereocenters. The number of aryl methyl sites for hydroxylation is 2. The highest BCUT2D eigenvalue weighted by Crippen LogP contribution is 2.19. The largest absolute Gasteiger partial charge is 0.480 e. The molecular weight excluding hydrogens is 252 g/mol. The van der Waals surface area contributed by atoms with Crippen molar-refractivity contribution in [3.05, 3.63) is 34.9 Å². The fraction of sp³-hybridized carbons (Fsp3) is 0.562. The van der Waals surface area contributed by atoms with Crippen LogP contribution in [-0.4, -0.2) is 42.2 Å². The van der Waals surface area contributed by atoms with Crippen molar-refractivity contribution in [3.8, 4) is 0 Å². The molecule has 0 aliphatic rings. The van der Waals surface area contributed by atoms with E-state index in [1.54, 1.807) is 0 Å². The highest BCUT2D eigenvalue weighted by atomic mass is 16.4. The van der Waals surface area contributed by atoms with Crippen LogP contribution in [0.3, 0.4) is 0 Å². The van der Waals surface area contributed by atoms with E-state index >= 15 is 0 Å². The van der Waals surface area contributed by atoms with Gasteiger partial charge in [0, 0.05) is 13.1 Å². The Bertz CT molecular complexity index is 442. The molecule has 0 heterocycles. The van der Waals surface area contributed by atoms with Crippen molar-refractivity contribution in [1.29, 1.82) is 0 Å². The molecule has 0 aromatic heterocycles. The minimum atomic E-state index is -0.823. The Labute approximate surface area is 121 Å². The zero-order chi connectivity index (χ0) is 15.1.